The highest BCUT2D eigenvalue weighted by molar-refractivity contribution is 6.03. The number of hydrogen-bond donors (Lipinski definition) is 2. The number of amides is 1. The zero-order chi connectivity index (χ0) is 14.9. The predicted octanol–water partition coefficient (Wildman–Crippen LogP) is 1.99. The molecule has 2 N–H and O–H groups in total. The molecule has 0 aliphatic rings. The quantitative estimate of drug-likeness (QED) is 0.895. The van der Waals surface area contributed by atoms with Gasteiger partial charge in [-0.25, -0.2) is 4.79 Å². The monoisotopic (exact) mass is 273 g/mol. The fraction of sp³-hybridized carbons (Fsp3) is 0.214. The van der Waals surface area contributed by atoms with Crippen molar-refractivity contribution in [3.05, 3.63) is 46.8 Å². The molecule has 0 saturated carbocycles. The van der Waals surface area contributed by atoms with Crippen molar-refractivity contribution in [3.63, 3.8) is 0 Å². The van der Waals surface area contributed by atoms with E-state index < -0.39 is 5.97 Å². The zero-order valence-corrected chi connectivity index (χ0v) is 11.5. The Morgan fingerprint density at radius 3 is 2.50 bits per heavy atom. The maximum Gasteiger partial charge on any atom is 0.336 e. The average Bonchev–Trinajstić information content (AvgIpc) is 2.70. The molecule has 1 aromatic heterocycles. The van der Waals surface area contributed by atoms with Crippen molar-refractivity contribution in [2.45, 2.75) is 13.8 Å². The lowest BCUT2D eigenvalue weighted by Crippen LogP contribution is -2.16. The molecule has 1 amide bonds. The van der Waals surface area contributed by atoms with Crippen molar-refractivity contribution in [2.75, 3.05) is 5.32 Å². The third-order valence-corrected chi connectivity index (χ3v) is 2.96. The Labute approximate surface area is 116 Å². The van der Waals surface area contributed by atoms with Gasteiger partial charge >= 0.3 is 5.97 Å². The lowest BCUT2D eigenvalue weighted by atomic mass is 10.1. The second kappa shape index (κ2) is 5.16. The first-order valence-corrected chi connectivity index (χ1v) is 6.04. The SMILES string of the molecule is Cc1cc(C(=O)Nc2ccc(C)c(C(=O)O)c2)n(C)n1. The van der Waals surface area contributed by atoms with Gasteiger partial charge in [-0.2, -0.15) is 5.10 Å². The van der Waals surface area contributed by atoms with Crippen molar-refractivity contribution in [1.29, 1.82) is 0 Å². The van der Waals surface area contributed by atoms with Crippen LogP contribution in [0.25, 0.3) is 0 Å². The first kappa shape index (κ1) is 13.8. The lowest BCUT2D eigenvalue weighted by molar-refractivity contribution is 0.0695. The van der Waals surface area contributed by atoms with E-state index in [1.165, 1.54) is 10.7 Å². The normalized spacial score (nSPS) is 10.3. The highest BCUT2D eigenvalue weighted by Crippen LogP contribution is 2.16. The lowest BCUT2D eigenvalue weighted by Gasteiger charge is -2.07. The van der Waals surface area contributed by atoms with E-state index in [0.717, 1.165) is 5.69 Å². The molecule has 0 radical (unpaired) electrons. The van der Waals surface area contributed by atoms with Crippen molar-refractivity contribution in [2.24, 2.45) is 7.05 Å². The fourth-order valence-corrected chi connectivity index (χ4v) is 1.95. The minimum Gasteiger partial charge on any atom is -0.478 e. The van der Waals surface area contributed by atoms with E-state index in [2.05, 4.69) is 10.4 Å². The van der Waals surface area contributed by atoms with Gasteiger partial charge in [-0.1, -0.05) is 6.07 Å². The summed E-state index contributed by atoms with van der Waals surface area (Å²) in [4.78, 5) is 23.2. The zero-order valence-electron chi connectivity index (χ0n) is 11.5. The molecule has 0 bridgehead atoms. The van der Waals surface area contributed by atoms with Gasteiger partial charge in [-0.05, 0) is 37.6 Å². The molecule has 0 aliphatic carbocycles. The van der Waals surface area contributed by atoms with Gasteiger partial charge < -0.3 is 10.4 Å². The van der Waals surface area contributed by atoms with Crippen molar-refractivity contribution in [3.8, 4) is 0 Å². The minimum atomic E-state index is -1.02. The second-order valence-corrected chi connectivity index (χ2v) is 4.58. The van der Waals surface area contributed by atoms with Gasteiger partial charge in [0.15, 0.2) is 0 Å². The number of aryl methyl sites for hydroxylation is 3. The molecule has 2 rings (SSSR count). The van der Waals surface area contributed by atoms with E-state index in [4.69, 9.17) is 5.11 Å². The second-order valence-electron chi connectivity index (χ2n) is 4.58. The third-order valence-electron chi connectivity index (χ3n) is 2.96. The van der Waals surface area contributed by atoms with E-state index in [9.17, 15) is 9.59 Å². The number of rotatable bonds is 3. The smallest absolute Gasteiger partial charge is 0.336 e. The van der Waals surface area contributed by atoms with E-state index in [1.54, 1.807) is 39.1 Å². The summed E-state index contributed by atoms with van der Waals surface area (Å²) in [6, 6.07) is 6.44. The number of carboxylic acid groups (broad SMARTS) is 1. The number of nitrogens with one attached hydrogen (secondary N) is 1. The van der Waals surface area contributed by atoms with Gasteiger partial charge in [0.2, 0.25) is 0 Å². The molecule has 6 nitrogen and oxygen atoms in total. The first-order valence-electron chi connectivity index (χ1n) is 6.04. The van der Waals surface area contributed by atoms with Crippen LogP contribution in [-0.4, -0.2) is 26.8 Å². The van der Waals surface area contributed by atoms with E-state index >= 15 is 0 Å². The number of aromatic carboxylic acids is 1. The van der Waals surface area contributed by atoms with E-state index in [-0.39, 0.29) is 11.5 Å². The number of anilines is 1. The summed E-state index contributed by atoms with van der Waals surface area (Å²) in [6.45, 7) is 3.50. The molecular weight excluding hydrogens is 258 g/mol. The molecule has 2 aromatic rings. The molecule has 0 aliphatic heterocycles. The third kappa shape index (κ3) is 2.69. The van der Waals surface area contributed by atoms with Gasteiger partial charge in [-0.15, -0.1) is 0 Å². The molecule has 20 heavy (non-hydrogen) atoms. The van der Waals surface area contributed by atoms with Crippen LogP contribution in [0.5, 0.6) is 0 Å². The van der Waals surface area contributed by atoms with Crippen LogP contribution < -0.4 is 5.32 Å². The van der Waals surface area contributed by atoms with Crippen LogP contribution in [0.4, 0.5) is 5.69 Å². The summed E-state index contributed by atoms with van der Waals surface area (Å²) in [5, 5.41) is 15.8. The van der Waals surface area contributed by atoms with Crippen LogP contribution in [0.1, 0.15) is 32.1 Å². The predicted molar refractivity (Wildman–Crippen MR) is 74.0 cm³/mol. The minimum absolute atomic E-state index is 0.170. The summed E-state index contributed by atoms with van der Waals surface area (Å²) < 4.78 is 1.48. The average molecular weight is 273 g/mol. The number of hydrogen-bond acceptors (Lipinski definition) is 3. The number of carboxylic acids is 1. The molecule has 0 unspecified atom stereocenters. The first-order chi connectivity index (χ1) is 9.38. The Kier molecular flexibility index (Phi) is 3.56. The largest absolute Gasteiger partial charge is 0.478 e. The summed E-state index contributed by atoms with van der Waals surface area (Å²) >= 11 is 0. The maximum atomic E-state index is 12.1. The number of carbonyl (C=O) groups excluding carboxylic acids is 1. The van der Waals surface area contributed by atoms with Gasteiger partial charge in [0, 0.05) is 12.7 Å². The van der Waals surface area contributed by atoms with Gasteiger partial charge in [0.05, 0.1) is 11.3 Å². The van der Waals surface area contributed by atoms with Crippen LogP contribution in [0.2, 0.25) is 0 Å². The maximum absolute atomic E-state index is 12.1. The molecule has 1 aromatic carbocycles. The number of benzene rings is 1. The molecule has 1 heterocycles. The van der Waals surface area contributed by atoms with Crippen molar-refractivity contribution < 1.29 is 14.7 Å². The van der Waals surface area contributed by atoms with Crippen molar-refractivity contribution >= 4 is 17.6 Å². The van der Waals surface area contributed by atoms with Crippen LogP contribution in [-0.2, 0) is 7.05 Å². The molecule has 0 fully saturated rings. The van der Waals surface area contributed by atoms with E-state index in [1.807, 2.05) is 0 Å². The summed E-state index contributed by atoms with van der Waals surface area (Å²) in [7, 11) is 1.68. The number of aromatic nitrogens is 2. The molecular formula is C14H15N3O3. The van der Waals surface area contributed by atoms with Crippen LogP contribution in [0, 0.1) is 13.8 Å². The fourth-order valence-electron chi connectivity index (χ4n) is 1.95. The molecule has 0 atom stereocenters. The Balaban J connectivity index is 2.26. The van der Waals surface area contributed by atoms with Gasteiger partial charge in [0.25, 0.3) is 5.91 Å². The molecule has 104 valence electrons. The molecule has 0 spiro atoms. The number of nitrogens with zero attached hydrogens (tertiary/aromatic N) is 2. The van der Waals surface area contributed by atoms with Crippen LogP contribution in [0.3, 0.4) is 0 Å². The Morgan fingerprint density at radius 2 is 1.95 bits per heavy atom. The number of carbonyl (C=O) groups is 2. The molecule has 6 heteroatoms. The summed E-state index contributed by atoms with van der Waals surface area (Å²) in [6.07, 6.45) is 0. The van der Waals surface area contributed by atoms with E-state index in [0.29, 0.717) is 16.9 Å². The van der Waals surface area contributed by atoms with Crippen LogP contribution >= 0.6 is 0 Å². The highest BCUT2D eigenvalue weighted by atomic mass is 16.4. The van der Waals surface area contributed by atoms with Crippen LogP contribution in [0.15, 0.2) is 24.3 Å². The highest BCUT2D eigenvalue weighted by Gasteiger charge is 2.14. The standard InChI is InChI=1S/C14H15N3O3/c1-8-4-5-10(7-11(8)14(19)20)15-13(18)12-6-9(2)16-17(12)3/h4-7H,1-3H3,(H,15,18)(H,19,20). The topological polar surface area (TPSA) is 84.2 Å². The summed E-state index contributed by atoms with van der Waals surface area (Å²) in [5.41, 5.74) is 2.42. The Hall–Kier alpha value is -2.63. The Morgan fingerprint density at radius 1 is 1.25 bits per heavy atom. The molecule has 0 saturated heterocycles. The van der Waals surface area contributed by atoms with Gasteiger partial charge in [0.1, 0.15) is 5.69 Å². The Bertz CT molecular complexity index is 689. The van der Waals surface area contributed by atoms with Crippen molar-refractivity contribution in [1.82, 2.24) is 9.78 Å². The summed E-state index contributed by atoms with van der Waals surface area (Å²) in [5.74, 6) is -1.34. The van der Waals surface area contributed by atoms with Gasteiger partial charge in [-0.3, -0.25) is 9.48 Å².